The van der Waals surface area contributed by atoms with Gasteiger partial charge in [-0.25, -0.2) is 9.97 Å². The van der Waals surface area contributed by atoms with E-state index in [-0.39, 0.29) is 23.7 Å². The lowest BCUT2D eigenvalue weighted by Crippen LogP contribution is -2.30. The van der Waals surface area contributed by atoms with Crippen molar-refractivity contribution >= 4 is 33.2 Å². The molecule has 1 saturated heterocycles. The van der Waals surface area contributed by atoms with Crippen LogP contribution in [-0.2, 0) is 4.79 Å². The summed E-state index contributed by atoms with van der Waals surface area (Å²) in [4.78, 5) is 32.1. The molecule has 1 aliphatic rings. The number of nitrogens with two attached hydrogens (primary N) is 1. The van der Waals surface area contributed by atoms with E-state index < -0.39 is 0 Å². The predicted octanol–water partition coefficient (Wildman–Crippen LogP) is 0.727. The molecule has 2 aromatic rings. The zero-order valence-corrected chi connectivity index (χ0v) is 11.5. The largest absolute Gasteiger partial charge is 0.370 e. The van der Waals surface area contributed by atoms with E-state index in [9.17, 15) is 9.59 Å². The Hall–Kier alpha value is -1.86. The quantitative estimate of drug-likeness (QED) is 0.809. The fourth-order valence-corrected chi connectivity index (χ4v) is 3.51. The zero-order valence-electron chi connectivity index (χ0n) is 10.7. The fraction of sp³-hybridized carbons (Fsp3) is 0.385. The number of primary amides is 1. The number of carbonyl (C=O) groups is 2. The molecule has 2 aromatic heterocycles. The van der Waals surface area contributed by atoms with Crippen LogP contribution in [0.5, 0.6) is 0 Å². The topological polar surface area (TPSA) is 98.0 Å². The van der Waals surface area contributed by atoms with Crippen LogP contribution in [-0.4, -0.2) is 34.2 Å². The van der Waals surface area contributed by atoms with E-state index in [2.05, 4.69) is 15.3 Å². The summed E-state index contributed by atoms with van der Waals surface area (Å²) in [6.07, 6.45) is 4.16. The average Bonchev–Trinajstić information content (AvgIpc) is 3.03. The van der Waals surface area contributed by atoms with Gasteiger partial charge in [0.05, 0.1) is 21.1 Å². The Labute approximate surface area is 119 Å². The maximum atomic E-state index is 12.4. The Morgan fingerprint density at radius 3 is 3.10 bits per heavy atom. The number of aromatic nitrogens is 2. The molecule has 0 saturated carbocycles. The first-order chi connectivity index (χ1) is 9.63. The van der Waals surface area contributed by atoms with Crippen LogP contribution >= 0.6 is 11.3 Å². The summed E-state index contributed by atoms with van der Waals surface area (Å²) >= 11 is 1.40. The highest BCUT2D eigenvalue weighted by molar-refractivity contribution is 7.20. The summed E-state index contributed by atoms with van der Waals surface area (Å²) in [5.74, 6) is -0.113. The molecule has 1 aliphatic heterocycles. The summed E-state index contributed by atoms with van der Waals surface area (Å²) in [6, 6.07) is 1.56. The first-order valence-electron chi connectivity index (χ1n) is 6.39. The average molecular weight is 290 g/mol. The molecule has 3 N–H and O–H groups in total. The van der Waals surface area contributed by atoms with Crippen LogP contribution in [0.1, 0.15) is 22.5 Å². The number of Topliss-reactive ketones (excluding diaryl/α,β-unsaturated/α-hetero) is 1. The van der Waals surface area contributed by atoms with E-state index in [1.54, 1.807) is 12.3 Å². The highest BCUT2D eigenvalue weighted by Crippen LogP contribution is 2.27. The van der Waals surface area contributed by atoms with Gasteiger partial charge in [0, 0.05) is 12.6 Å². The Balaban J connectivity index is 1.74. The second-order valence-electron chi connectivity index (χ2n) is 4.98. The number of nitrogens with zero attached hydrogens (tertiary/aromatic N) is 2. The standard InChI is InChI=1S/C13H14N4O2S/c14-12(18)2-7-1-9(16-4-7)13(19)10-3-8-11(20-10)5-15-6-17-8/h3,5-7,9,16H,1-2,4H2,(H2,14,18). The van der Waals surface area contributed by atoms with E-state index >= 15 is 0 Å². The van der Waals surface area contributed by atoms with Gasteiger partial charge < -0.3 is 11.1 Å². The highest BCUT2D eigenvalue weighted by Gasteiger charge is 2.31. The van der Waals surface area contributed by atoms with Gasteiger partial charge in [-0.1, -0.05) is 0 Å². The van der Waals surface area contributed by atoms with Gasteiger partial charge in [0.15, 0.2) is 5.78 Å². The van der Waals surface area contributed by atoms with Gasteiger partial charge in [0.25, 0.3) is 0 Å². The molecule has 1 amide bonds. The number of nitrogens with one attached hydrogen (secondary N) is 1. The summed E-state index contributed by atoms with van der Waals surface area (Å²) < 4.78 is 0.905. The zero-order chi connectivity index (χ0) is 14.1. The van der Waals surface area contributed by atoms with Gasteiger partial charge in [-0.2, -0.15) is 0 Å². The number of rotatable bonds is 4. The van der Waals surface area contributed by atoms with Crippen molar-refractivity contribution in [3.63, 3.8) is 0 Å². The van der Waals surface area contributed by atoms with Crippen LogP contribution in [0.4, 0.5) is 0 Å². The first kappa shape index (κ1) is 13.1. The molecule has 0 bridgehead atoms. The second kappa shape index (κ2) is 5.26. The molecule has 0 radical (unpaired) electrons. The van der Waals surface area contributed by atoms with Crippen molar-refractivity contribution in [3.05, 3.63) is 23.5 Å². The molecule has 6 nitrogen and oxygen atoms in total. The van der Waals surface area contributed by atoms with Gasteiger partial charge >= 0.3 is 0 Å². The molecule has 104 valence electrons. The highest BCUT2D eigenvalue weighted by atomic mass is 32.1. The molecule has 20 heavy (non-hydrogen) atoms. The predicted molar refractivity (Wildman–Crippen MR) is 75.5 cm³/mol. The Bertz CT molecular complexity index is 636. The summed E-state index contributed by atoms with van der Waals surface area (Å²) in [7, 11) is 0. The van der Waals surface area contributed by atoms with Crippen LogP contribution in [0.25, 0.3) is 10.2 Å². The monoisotopic (exact) mass is 290 g/mol. The number of carbonyl (C=O) groups excluding carboxylic acids is 2. The SMILES string of the molecule is NC(=O)CC1CNC(C(=O)c2cc3ncncc3s2)C1. The van der Waals surface area contributed by atoms with Crippen LogP contribution < -0.4 is 11.1 Å². The second-order valence-corrected chi connectivity index (χ2v) is 6.06. The van der Waals surface area contributed by atoms with Gasteiger partial charge in [-0.15, -0.1) is 11.3 Å². The molecule has 0 aliphatic carbocycles. The molecule has 2 unspecified atom stereocenters. The number of fused-ring (bicyclic) bond motifs is 1. The molecular formula is C13H14N4O2S. The van der Waals surface area contributed by atoms with Crippen LogP contribution in [0, 0.1) is 5.92 Å². The third-order valence-corrected chi connectivity index (χ3v) is 4.54. The van der Waals surface area contributed by atoms with Crippen molar-refractivity contribution in [1.82, 2.24) is 15.3 Å². The van der Waals surface area contributed by atoms with E-state index in [0.717, 1.165) is 10.2 Å². The van der Waals surface area contributed by atoms with Crippen molar-refractivity contribution in [3.8, 4) is 0 Å². The van der Waals surface area contributed by atoms with Gasteiger partial charge in [0.2, 0.25) is 5.91 Å². The molecule has 7 heteroatoms. The minimum Gasteiger partial charge on any atom is -0.370 e. The Morgan fingerprint density at radius 1 is 1.50 bits per heavy atom. The van der Waals surface area contributed by atoms with E-state index in [0.29, 0.717) is 24.3 Å². The van der Waals surface area contributed by atoms with Crippen molar-refractivity contribution in [2.75, 3.05) is 6.54 Å². The number of thiophene rings is 1. The smallest absolute Gasteiger partial charge is 0.217 e. The van der Waals surface area contributed by atoms with Crippen molar-refractivity contribution in [2.24, 2.45) is 11.7 Å². The summed E-state index contributed by atoms with van der Waals surface area (Å²) in [5, 5.41) is 3.17. The van der Waals surface area contributed by atoms with E-state index in [1.165, 1.54) is 17.7 Å². The summed E-state index contributed by atoms with van der Waals surface area (Å²) in [6.45, 7) is 0.657. The number of hydrogen-bond acceptors (Lipinski definition) is 6. The van der Waals surface area contributed by atoms with Crippen LogP contribution in [0.3, 0.4) is 0 Å². The molecular weight excluding hydrogens is 276 g/mol. The maximum Gasteiger partial charge on any atom is 0.217 e. The third-order valence-electron chi connectivity index (χ3n) is 3.47. The first-order valence-corrected chi connectivity index (χ1v) is 7.20. The third kappa shape index (κ3) is 2.54. The van der Waals surface area contributed by atoms with E-state index in [4.69, 9.17) is 5.73 Å². The van der Waals surface area contributed by atoms with Gasteiger partial charge in [-0.3, -0.25) is 9.59 Å². The maximum absolute atomic E-state index is 12.4. The number of hydrogen-bond donors (Lipinski definition) is 2. The summed E-state index contributed by atoms with van der Waals surface area (Å²) in [5.41, 5.74) is 5.98. The minimum absolute atomic E-state index is 0.0555. The van der Waals surface area contributed by atoms with Crippen molar-refractivity contribution in [2.45, 2.75) is 18.9 Å². The normalized spacial score (nSPS) is 22.2. The minimum atomic E-state index is -0.318. The molecule has 2 atom stereocenters. The molecule has 1 fully saturated rings. The Kier molecular flexibility index (Phi) is 3.45. The molecule has 3 rings (SSSR count). The molecule has 0 spiro atoms. The van der Waals surface area contributed by atoms with Gasteiger partial charge in [0.1, 0.15) is 6.33 Å². The lowest BCUT2D eigenvalue weighted by atomic mass is 9.99. The van der Waals surface area contributed by atoms with Crippen LogP contribution in [0.15, 0.2) is 18.6 Å². The lowest BCUT2D eigenvalue weighted by Gasteiger charge is -2.07. The number of ketones is 1. The molecule has 0 aromatic carbocycles. The Morgan fingerprint density at radius 2 is 2.35 bits per heavy atom. The van der Waals surface area contributed by atoms with Crippen molar-refractivity contribution in [1.29, 1.82) is 0 Å². The van der Waals surface area contributed by atoms with Crippen LogP contribution in [0.2, 0.25) is 0 Å². The number of amides is 1. The van der Waals surface area contributed by atoms with Crippen molar-refractivity contribution < 1.29 is 9.59 Å². The fourth-order valence-electron chi connectivity index (χ4n) is 2.53. The molecule has 3 heterocycles. The lowest BCUT2D eigenvalue weighted by molar-refractivity contribution is -0.118. The van der Waals surface area contributed by atoms with Gasteiger partial charge in [-0.05, 0) is 24.9 Å². The van der Waals surface area contributed by atoms with E-state index in [1.807, 2.05) is 0 Å².